The molecule has 0 heterocycles. The topological polar surface area (TPSA) is 9.23 Å². The lowest BCUT2D eigenvalue weighted by molar-refractivity contribution is 0.117. The third-order valence-corrected chi connectivity index (χ3v) is 3.21. The molecule has 92 valence electrons. The van der Waals surface area contributed by atoms with Gasteiger partial charge in [-0.1, -0.05) is 55.5 Å². The molecular formula is C13H27BrO. The number of hydrogen-bond donors (Lipinski definition) is 0. The highest BCUT2D eigenvalue weighted by molar-refractivity contribution is 9.09. The van der Waals surface area contributed by atoms with Crippen LogP contribution in [0.3, 0.4) is 0 Å². The minimum absolute atomic E-state index is 0.796. The van der Waals surface area contributed by atoms with E-state index in [0.717, 1.165) is 24.5 Å². The zero-order chi connectivity index (χ0) is 11.4. The molecule has 0 aromatic carbocycles. The minimum Gasteiger partial charge on any atom is -0.381 e. The highest BCUT2D eigenvalue weighted by atomic mass is 79.9. The fraction of sp³-hybridized carbons (Fsp3) is 1.00. The smallest absolute Gasteiger partial charge is 0.0468 e. The maximum Gasteiger partial charge on any atom is 0.0468 e. The van der Waals surface area contributed by atoms with Gasteiger partial charge in [-0.15, -0.1) is 0 Å². The first-order valence-corrected chi connectivity index (χ1v) is 7.57. The molecule has 0 bridgehead atoms. The molecule has 0 aliphatic heterocycles. The van der Waals surface area contributed by atoms with Gasteiger partial charge >= 0.3 is 0 Å². The van der Waals surface area contributed by atoms with Crippen molar-refractivity contribution in [2.45, 2.75) is 58.8 Å². The molecule has 0 aromatic heterocycles. The summed E-state index contributed by atoms with van der Waals surface area (Å²) in [5.74, 6) is 0.796. The van der Waals surface area contributed by atoms with Crippen LogP contribution in [0, 0.1) is 5.92 Å². The van der Waals surface area contributed by atoms with Crippen molar-refractivity contribution in [1.82, 2.24) is 0 Å². The molecule has 1 nitrogen and oxygen atoms in total. The molecule has 0 aliphatic carbocycles. The van der Waals surface area contributed by atoms with E-state index in [0.29, 0.717) is 0 Å². The van der Waals surface area contributed by atoms with Gasteiger partial charge in [-0.3, -0.25) is 0 Å². The average Bonchev–Trinajstić information content (AvgIpc) is 2.22. The lowest BCUT2D eigenvalue weighted by Gasteiger charge is -2.09. The van der Waals surface area contributed by atoms with Crippen molar-refractivity contribution in [2.24, 2.45) is 5.92 Å². The first kappa shape index (κ1) is 15.4. The van der Waals surface area contributed by atoms with E-state index in [1.54, 1.807) is 0 Å². The number of ether oxygens (including phenoxy) is 1. The van der Waals surface area contributed by atoms with E-state index in [9.17, 15) is 0 Å². The molecule has 0 radical (unpaired) electrons. The predicted molar refractivity (Wildman–Crippen MR) is 71.8 cm³/mol. The standard InChI is InChI=1S/C13H27BrO/c1-3-4-5-6-7-11-15-12-9-13(2)8-10-14/h13H,3-12H2,1-2H3. The Labute approximate surface area is 104 Å². The number of halogens is 1. The molecule has 0 spiro atoms. The summed E-state index contributed by atoms with van der Waals surface area (Å²) in [6, 6.07) is 0. The van der Waals surface area contributed by atoms with Crippen LogP contribution in [0.1, 0.15) is 58.8 Å². The van der Waals surface area contributed by atoms with E-state index in [1.807, 2.05) is 0 Å². The van der Waals surface area contributed by atoms with Crippen LogP contribution >= 0.6 is 15.9 Å². The van der Waals surface area contributed by atoms with Crippen molar-refractivity contribution in [2.75, 3.05) is 18.5 Å². The van der Waals surface area contributed by atoms with Crippen LogP contribution in [-0.4, -0.2) is 18.5 Å². The molecule has 0 saturated heterocycles. The molecule has 0 amide bonds. The molecule has 0 aliphatic rings. The van der Waals surface area contributed by atoms with Crippen molar-refractivity contribution in [3.8, 4) is 0 Å². The van der Waals surface area contributed by atoms with E-state index in [-0.39, 0.29) is 0 Å². The maximum absolute atomic E-state index is 5.62. The quantitative estimate of drug-likeness (QED) is 0.390. The molecule has 1 unspecified atom stereocenters. The maximum atomic E-state index is 5.62. The van der Waals surface area contributed by atoms with Gasteiger partial charge in [0.25, 0.3) is 0 Å². The second kappa shape index (κ2) is 12.5. The highest BCUT2D eigenvalue weighted by Gasteiger charge is 2.00. The van der Waals surface area contributed by atoms with Crippen LogP contribution < -0.4 is 0 Å². The van der Waals surface area contributed by atoms with Gasteiger partial charge in [0.1, 0.15) is 0 Å². The molecule has 0 aromatic rings. The molecule has 0 rings (SSSR count). The average molecular weight is 279 g/mol. The van der Waals surface area contributed by atoms with Gasteiger partial charge < -0.3 is 4.74 Å². The van der Waals surface area contributed by atoms with E-state index >= 15 is 0 Å². The number of rotatable bonds is 11. The van der Waals surface area contributed by atoms with Gasteiger partial charge in [-0.25, -0.2) is 0 Å². The monoisotopic (exact) mass is 278 g/mol. The van der Waals surface area contributed by atoms with Crippen LogP contribution in [0.5, 0.6) is 0 Å². The van der Waals surface area contributed by atoms with Gasteiger partial charge in [0.2, 0.25) is 0 Å². The van der Waals surface area contributed by atoms with E-state index in [4.69, 9.17) is 4.74 Å². The molecular weight excluding hydrogens is 252 g/mol. The summed E-state index contributed by atoms with van der Waals surface area (Å²) in [5.41, 5.74) is 0. The van der Waals surface area contributed by atoms with Crippen LogP contribution in [0.25, 0.3) is 0 Å². The van der Waals surface area contributed by atoms with Gasteiger partial charge in [0.15, 0.2) is 0 Å². The minimum atomic E-state index is 0.796. The highest BCUT2D eigenvalue weighted by Crippen LogP contribution is 2.09. The summed E-state index contributed by atoms with van der Waals surface area (Å²) < 4.78 is 5.62. The molecule has 15 heavy (non-hydrogen) atoms. The molecule has 0 fully saturated rings. The Balaban J connectivity index is 2.98. The van der Waals surface area contributed by atoms with Crippen molar-refractivity contribution in [3.63, 3.8) is 0 Å². The fourth-order valence-electron chi connectivity index (χ4n) is 1.52. The number of hydrogen-bond acceptors (Lipinski definition) is 1. The SMILES string of the molecule is CCCCCCCOCCC(C)CCBr. The third-order valence-electron chi connectivity index (χ3n) is 2.75. The van der Waals surface area contributed by atoms with Crippen LogP contribution in [-0.2, 0) is 4.74 Å². The Bertz CT molecular complexity index is 117. The first-order valence-electron chi connectivity index (χ1n) is 6.45. The van der Waals surface area contributed by atoms with Crippen LogP contribution in [0.4, 0.5) is 0 Å². The van der Waals surface area contributed by atoms with E-state index < -0.39 is 0 Å². The zero-order valence-corrected chi connectivity index (χ0v) is 12.0. The van der Waals surface area contributed by atoms with Gasteiger partial charge in [0.05, 0.1) is 0 Å². The predicted octanol–water partition coefficient (Wildman–Crippen LogP) is 4.78. The van der Waals surface area contributed by atoms with Crippen LogP contribution in [0.15, 0.2) is 0 Å². The Morgan fingerprint density at radius 2 is 1.73 bits per heavy atom. The summed E-state index contributed by atoms with van der Waals surface area (Å²) >= 11 is 3.47. The fourth-order valence-corrected chi connectivity index (χ4v) is 2.31. The summed E-state index contributed by atoms with van der Waals surface area (Å²) in [6.45, 7) is 6.46. The van der Waals surface area contributed by atoms with Gasteiger partial charge in [-0.2, -0.15) is 0 Å². The van der Waals surface area contributed by atoms with Crippen molar-refractivity contribution in [3.05, 3.63) is 0 Å². The number of alkyl halides is 1. The Morgan fingerprint density at radius 1 is 1.00 bits per heavy atom. The van der Waals surface area contributed by atoms with Gasteiger partial charge in [0, 0.05) is 18.5 Å². The Hall–Kier alpha value is 0.440. The van der Waals surface area contributed by atoms with Crippen LogP contribution in [0.2, 0.25) is 0 Å². The second-order valence-corrected chi connectivity index (χ2v) is 5.19. The van der Waals surface area contributed by atoms with Crippen molar-refractivity contribution >= 4 is 15.9 Å². The Kier molecular flexibility index (Phi) is 12.9. The number of unbranched alkanes of at least 4 members (excludes halogenated alkanes) is 4. The summed E-state index contributed by atoms with van der Waals surface area (Å²) in [7, 11) is 0. The Morgan fingerprint density at radius 3 is 2.40 bits per heavy atom. The zero-order valence-electron chi connectivity index (χ0n) is 10.4. The molecule has 1 atom stereocenters. The summed E-state index contributed by atoms with van der Waals surface area (Å²) in [5, 5.41) is 1.12. The summed E-state index contributed by atoms with van der Waals surface area (Å²) in [6.07, 6.45) is 9.13. The van der Waals surface area contributed by atoms with E-state index in [1.165, 1.54) is 44.9 Å². The second-order valence-electron chi connectivity index (χ2n) is 4.40. The molecule has 0 N–H and O–H groups in total. The van der Waals surface area contributed by atoms with Gasteiger partial charge in [-0.05, 0) is 25.2 Å². The summed E-state index contributed by atoms with van der Waals surface area (Å²) in [4.78, 5) is 0. The lowest BCUT2D eigenvalue weighted by atomic mass is 10.1. The first-order chi connectivity index (χ1) is 7.31. The third kappa shape index (κ3) is 12.4. The molecule has 0 saturated carbocycles. The molecule has 2 heteroatoms. The van der Waals surface area contributed by atoms with E-state index in [2.05, 4.69) is 29.8 Å². The lowest BCUT2D eigenvalue weighted by Crippen LogP contribution is -2.03. The van der Waals surface area contributed by atoms with Crippen molar-refractivity contribution in [1.29, 1.82) is 0 Å². The van der Waals surface area contributed by atoms with Crippen molar-refractivity contribution < 1.29 is 4.74 Å². The largest absolute Gasteiger partial charge is 0.381 e. The normalized spacial score (nSPS) is 13.0.